The topological polar surface area (TPSA) is 54.0 Å². The van der Waals surface area contributed by atoms with Crippen LogP contribution in [0.3, 0.4) is 0 Å². The summed E-state index contributed by atoms with van der Waals surface area (Å²) in [6.45, 7) is 4.28. The number of nitrogens with one attached hydrogen (secondary N) is 2. The molecule has 0 saturated carbocycles. The fourth-order valence-corrected chi connectivity index (χ4v) is 4.20. The number of nitrogens with zero attached hydrogens (tertiary/aromatic N) is 1. The van der Waals surface area contributed by atoms with Gasteiger partial charge in [0.25, 0.3) is 0 Å². The van der Waals surface area contributed by atoms with Gasteiger partial charge in [0, 0.05) is 23.2 Å². The van der Waals surface area contributed by atoms with Crippen LogP contribution in [0.1, 0.15) is 21.6 Å². The van der Waals surface area contributed by atoms with Crippen molar-refractivity contribution in [2.75, 3.05) is 17.2 Å². The largest absolute Gasteiger partial charge is 0.376 e. The Labute approximate surface area is 174 Å². The number of rotatable bonds is 6. The smallest absolute Gasteiger partial charge is 0.245 e. The van der Waals surface area contributed by atoms with Gasteiger partial charge in [0.2, 0.25) is 5.91 Å². The van der Waals surface area contributed by atoms with Crippen LogP contribution in [-0.4, -0.2) is 17.4 Å². The highest BCUT2D eigenvalue weighted by molar-refractivity contribution is 7.15. The van der Waals surface area contributed by atoms with Gasteiger partial charge in [0.1, 0.15) is 0 Å². The quantitative estimate of drug-likeness (QED) is 0.445. The van der Waals surface area contributed by atoms with E-state index in [9.17, 15) is 4.79 Å². The zero-order valence-corrected chi connectivity index (χ0v) is 17.3. The Morgan fingerprint density at radius 1 is 1.03 bits per heavy atom. The van der Waals surface area contributed by atoms with E-state index in [0.29, 0.717) is 5.13 Å². The third-order valence-electron chi connectivity index (χ3n) is 4.88. The summed E-state index contributed by atoms with van der Waals surface area (Å²) in [5.74, 6) is -0.100. The molecular formula is C24H23N3OS. The van der Waals surface area contributed by atoms with Gasteiger partial charge in [-0.3, -0.25) is 4.79 Å². The van der Waals surface area contributed by atoms with Gasteiger partial charge < -0.3 is 10.6 Å². The Hall–Kier alpha value is -3.18. The average Bonchev–Trinajstić information content (AvgIpc) is 3.15. The van der Waals surface area contributed by atoms with Gasteiger partial charge in [-0.2, -0.15) is 0 Å². The third-order valence-corrected chi connectivity index (χ3v) is 5.79. The minimum absolute atomic E-state index is 0.100. The van der Waals surface area contributed by atoms with Crippen LogP contribution in [-0.2, 0) is 11.2 Å². The first-order valence-electron chi connectivity index (χ1n) is 9.61. The highest BCUT2D eigenvalue weighted by Gasteiger charge is 2.09. The Bertz CT molecular complexity index is 1160. The molecule has 4 rings (SSSR count). The molecule has 0 aliphatic heterocycles. The number of fused-ring (bicyclic) bond motifs is 1. The highest BCUT2D eigenvalue weighted by atomic mass is 32.1. The lowest BCUT2D eigenvalue weighted by atomic mass is 10.0. The van der Waals surface area contributed by atoms with Gasteiger partial charge in [-0.25, -0.2) is 4.98 Å². The van der Waals surface area contributed by atoms with Gasteiger partial charge >= 0.3 is 0 Å². The third kappa shape index (κ3) is 4.63. The lowest BCUT2D eigenvalue weighted by Gasteiger charge is -2.10. The summed E-state index contributed by atoms with van der Waals surface area (Å²) in [6, 6.07) is 20.9. The number of carbonyl (C=O) groups is 1. The second kappa shape index (κ2) is 8.45. The van der Waals surface area contributed by atoms with E-state index in [2.05, 4.69) is 70.2 Å². The molecule has 2 N–H and O–H groups in total. The lowest BCUT2D eigenvalue weighted by Crippen LogP contribution is -2.22. The second-order valence-corrected chi connectivity index (χ2v) is 8.28. The van der Waals surface area contributed by atoms with Crippen LogP contribution in [0.25, 0.3) is 10.8 Å². The fourth-order valence-electron chi connectivity index (χ4n) is 3.35. The van der Waals surface area contributed by atoms with E-state index in [4.69, 9.17) is 0 Å². The van der Waals surface area contributed by atoms with Crippen LogP contribution in [0.4, 0.5) is 10.8 Å². The summed E-state index contributed by atoms with van der Waals surface area (Å²) in [6.07, 6.45) is 2.65. The second-order valence-electron chi connectivity index (χ2n) is 7.17. The number of benzene rings is 3. The fraction of sp³-hybridized carbons (Fsp3) is 0.167. The predicted molar refractivity (Wildman–Crippen MR) is 122 cm³/mol. The average molecular weight is 402 g/mol. The molecular weight excluding hydrogens is 378 g/mol. The Morgan fingerprint density at radius 3 is 2.76 bits per heavy atom. The SMILES string of the molecule is Cc1ccc(C)c(NCC(=O)Nc2ncc(Cc3cccc4ccccc34)s2)c1. The number of anilines is 2. The van der Waals surface area contributed by atoms with Crippen LogP contribution in [0.5, 0.6) is 0 Å². The van der Waals surface area contributed by atoms with Crippen molar-refractivity contribution >= 4 is 38.8 Å². The van der Waals surface area contributed by atoms with Crippen LogP contribution < -0.4 is 10.6 Å². The summed E-state index contributed by atoms with van der Waals surface area (Å²) in [5, 5.41) is 9.23. The molecule has 0 saturated heterocycles. The number of aromatic nitrogens is 1. The van der Waals surface area contributed by atoms with Crippen LogP contribution in [0.2, 0.25) is 0 Å². The molecule has 0 spiro atoms. The van der Waals surface area contributed by atoms with Crippen molar-refractivity contribution < 1.29 is 4.79 Å². The van der Waals surface area contributed by atoms with Crippen molar-refractivity contribution in [3.63, 3.8) is 0 Å². The van der Waals surface area contributed by atoms with Gasteiger partial charge in [-0.1, -0.05) is 54.6 Å². The van der Waals surface area contributed by atoms with E-state index in [1.807, 2.05) is 26.1 Å². The number of amides is 1. The molecule has 0 aliphatic carbocycles. The minimum atomic E-state index is -0.100. The molecule has 146 valence electrons. The molecule has 4 nitrogen and oxygen atoms in total. The Morgan fingerprint density at radius 2 is 1.86 bits per heavy atom. The molecule has 3 aromatic carbocycles. The first-order valence-corrected chi connectivity index (χ1v) is 10.4. The first kappa shape index (κ1) is 19.2. The van der Waals surface area contributed by atoms with E-state index >= 15 is 0 Å². The monoisotopic (exact) mass is 401 g/mol. The molecule has 1 heterocycles. The maximum absolute atomic E-state index is 12.3. The molecule has 0 bridgehead atoms. The number of carbonyl (C=O) groups excluding carboxylic acids is 1. The van der Waals surface area contributed by atoms with Gasteiger partial charge in [0.05, 0.1) is 6.54 Å². The summed E-state index contributed by atoms with van der Waals surface area (Å²) < 4.78 is 0. The maximum atomic E-state index is 12.3. The number of aryl methyl sites for hydroxylation is 2. The normalized spacial score (nSPS) is 10.8. The van der Waals surface area contributed by atoms with Crippen molar-refractivity contribution in [1.29, 1.82) is 0 Å². The number of thiazole rings is 1. The molecule has 1 amide bonds. The molecule has 1 aromatic heterocycles. The molecule has 0 atom stereocenters. The van der Waals surface area contributed by atoms with Gasteiger partial charge in [0.15, 0.2) is 5.13 Å². The summed E-state index contributed by atoms with van der Waals surface area (Å²) in [5.41, 5.74) is 4.53. The van der Waals surface area contributed by atoms with Crippen LogP contribution >= 0.6 is 11.3 Å². The zero-order chi connectivity index (χ0) is 20.2. The van der Waals surface area contributed by atoms with Crippen LogP contribution in [0.15, 0.2) is 66.9 Å². The van der Waals surface area contributed by atoms with Crippen molar-refractivity contribution in [1.82, 2.24) is 4.98 Å². The molecule has 0 unspecified atom stereocenters. The van der Waals surface area contributed by atoms with E-state index < -0.39 is 0 Å². The number of hydrogen-bond acceptors (Lipinski definition) is 4. The summed E-state index contributed by atoms with van der Waals surface area (Å²) in [7, 11) is 0. The Kier molecular flexibility index (Phi) is 5.58. The summed E-state index contributed by atoms with van der Waals surface area (Å²) >= 11 is 1.52. The molecule has 0 fully saturated rings. The molecule has 0 aliphatic rings. The van der Waals surface area contributed by atoms with Crippen LogP contribution in [0, 0.1) is 13.8 Å². The molecule has 0 radical (unpaired) electrons. The zero-order valence-electron chi connectivity index (χ0n) is 16.5. The standard InChI is InChI=1S/C24H23N3OS/c1-16-10-11-17(2)22(12-16)25-15-23(28)27-24-26-14-20(29-24)13-19-8-5-7-18-6-3-4-9-21(18)19/h3-12,14,25H,13,15H2,1-2H3,(H,26,27,28). The molecule has 5 heteroatoms. The van der Waals surface area contributed by atoms with E-state index in [1.165, 1.54) is 27.7 Å². The van der Waals surface area contributed by atoms with Gasteiger partial charge in [-0.05, 0) is 47.4 Å². The first-order chi connectivity index (χ1) is 14.1. The van der Waals surface area contributed by atoms with E-state index in [-0.39, 0.29) is 12.5 Å². The van der Waals surface area contributed by atoms with E-state index in [0.717, 1.165) is 28.1 Å². The number of hydrogen-bond donors (Lipinski definition) is 2. The van der Waals surface area contributed by atoms with Crippen molar-refractivity contribution in [2.45, 2.75) is 20.3 Å². The molecule has 4 aromatic rings. The highest BCUT2D eigenvalue weighted by Crippen LogP contribution is 2.25. The summed E-state index contributed by atoms with van der Waals surface area (Å²) in [4.78, 5) is 17.8. The maximum Gasteiger partial charge on any atom is 0.245 e. The van der Waals surface area contributed by atoms with Crippen molar-refractivity contribution in [3.8, 4) is 0 Å². The van der Waals surface area contributed by atoms with E-state index in [1.54, 1.807) is 0 Å². The van der Waals surface area contributed by atoms with Crippen molar-refractivity contribution in [3.05, 3.63) is 88.4 Å². The minimum Gasteiger partial charge on any atom is -0.376 e. The van der Waals surface area contributed by atoms with Crippen molar-refractivity contribution in [2.24, 2.45) is 0 Å². The lowest BCUT2D eigenvalue weighted by molar-refractivity contribution is -0.114. The molecule has 29 heavy (non-hydrogen) atoms. The predicted octanol–water partition coefficient (Wildman–Crippen LogP) is 5.55. The Balaban J connectivity index is 1.39. The van der Waals surface area contributed by atoms with Gasteiger partial charge in [-0.15, -0.1) is 11.3 Å².